The molecule has 1 heterocycles. The normalized spacial score (nSPS) is 12.7. The summed E-state index contributed by atoms with van der Waals surface area (Å²) in [6, 6.07) is 12.9. The molecule has 0 bridgehead atoms. The summed E-state index contributed by atoms with van der Waals surface area (Å²) in [7, 11) is 0. The molecule has 0 aliphatic heterocycles. The van der Waals surface area contributed by atoms with Crippen molar-refractivity contribution in [3.05, 3.63) is 83.7 Å². The van der Waals surface area contributed by atoms with Gasteiger partial charge in [-0.1, -0.05) is 51.1 Å². The lowest BCUT2D eigenvalue weighted by molar-refractivity contribution is -0.141. The average Bonchev–Trinajstić information content (AvgIpc) is 3.41. The number of aromatic nitrogens is 1. The van der Waals surface area contributed by atoms with Crippen molar-refractivity contribution in [1.82, 2.24) is 14.8 Å². The van der Waals surface area contributed by atoms with Crippen LogP contribution in [0.3, 0.4) is 0 Å². The van der Waals surface area contributed by atoms with Crippen molar-refractivity contribution in [1.29, 1.82) is 0 Å². The van der Waals surface area contributed by atoms with E-state index < -0.39 is 47.0 Å². The van der Waals surface area contributed by atoms with Crippen molar-refractivity contribution in [2.24, 2.45) is 11.1 Å². The molecule has 0 spiro atoms. The average molecular weight is 687 g/mol. The third kappa shape index (κ3) is 11.2. The van der Waals surface area contributed by atoms with Crippen molar-refractivity contribution in [3.63, 3.8) is 0 Å². The second kappa shape index (κ2) is 17.8. The van der Waals surface area contributed by atoms with Crippen LogP contribution in [-0.2, 0) is 25.7 Å². The highest BCUT2D eigenvalue weighted by Gasteiger charge is 2.37. The first-order chi connectivity index (χ1) is 22.7. The van der Waals surface area contributed by atoms with Gasteiger partial charge in [0.2, 0.25) is 11.8 Å². The molecule has 260 valence electrons. The minimum Gasteiger partial charge on any atom is -0.481 e. The quantitative estimate of drug-likeness (QED) is 0.141. The van der Waals surface area contributed by atoms with Crippen LogP contribution in [0.2, 0.25) is 0 Å². The first-order valence-electron chi connectivity index (χ1n) is 15.7. The van der Waals surface area contributed by atoms with E-state index >= 15 is 0 Å². The monoisotopic (exact) mass is 686 g/mol. The van der Waals surface area contributed by atoms with Crippen LogP contribution in [0.4, 0.5) is 8.78 Å². The molecule has 13 heteroatoms. The minimum atomic E-state index is -1.28. The molecular weight excluding hydrogens is 642 g/mol. The molecule has 10 nitrogen and oxygen atoms in total. The van der Waals surface area contributed by atoms with Crippen molar-refractivity contribution >= 4 is 35.5 Å². The van der Waals surface area contributed by atoms with Gasteiger partial charge in [-0.3, -0.25) is 14.4 Å². The zero-order chi connectivity index (χ0) is 35.4. The molecule has 0 saturated carbocycles. The highest BCUT2D eigenvalue weighted by Crippen LogP contribution is 2.41. The maximum atomic E-state index is 15.0. The van der Waals surface area contributed by atoms with E-state index in [1.807, 2.05) is 55.7 Å². The smallest absolute Gasteiger partial charge is 0.327 e. The van der Waals surface area contributed by atoms with Crippen LogP contribution in [0.25, 0.3) is 11.1 Å². The summed E-state index contributed by atoms with van der Waals surface area (Å²) in [5.74, 6) is -4.54. The minimum absolute atomic E-state index is 0.0724. The van der Waals surface area contributed by atoms with Gasteiger partial charge in [0.25, 0.3) is 0 Å². The Balaban J connectivity index is 1.94. The fraction of sp³-hybridized carbons (Fsp3) is 0.429. The number of benzene rings is 2. The summed E-state index contributed by atoms with van der Waals surface area (Å²) in [6.07, 6.45) is 1.97. The summed E-state index contributed by atoms with van der Waals surface area (Å²) < 4.78 is 31.2. The number of nitrogens with one attached hydrogen (secondary N) is 1. The van der Waals surface area contributed by atoms with Gasteiger partial charge in [-0.2, -0.15) is 0 Å². The Morgan fingerprint density at radius 3 is 2.33 bits per heavy atom. The molecule has 3 aromatic rings. The van der Waals surface area contributed by atoms with Crippen molar-refractivity contribution in [3.8, 4) is 11.1 Å². The summed E-state index contributed by atoms with van der Waals surface area (Å²) in [5, 5.41) is 20.9. The predicted octanol–water partition coefficient (Wildman–Crippen LogP) is 5.30. The van der Waals surface area contributed by atoms with Gasteiger partial charge in [-0.05, 0) is 54.6 Å². The highest BCUT2D eigenvalue weighted by molar-refractivity contribution is 8.00. The first kappa shape index (κ1) is 38.2. The Morgan fingerprint density at radius 2 is 1.71 bits per heavy atom. The van der Waals surface area contributed by atoms with Crippen molar-refractivity contribution < 1.29 is 38.2 Å². The molecule has 2 unspecified atom stereocenters. The van der Waals surface area contributed by atoms with Gasteiger partial charge in [-0.15, -0.1) is 11.8 Å². The van der Waals surface area contributed by atoms with Gasteiger partial charge >= 0.3 is 11.9 Å². The fourth-order valence-electron chi connectivity index (χ4n) is 5.46. The number of carbonyl (C=O) groups is 4. The highest BCUT2D eigenvalue weighted by atomic mass is 32.2. The Labute approximate surface area is 283 Å². The molecule has 48 heavy (non-hydrogen) atoms. The Hall–Kier alpha value is -4.23. The lowest BCUT2D eigenvalue weighted by atomic mass is 9.83. The van der Waals surface area contributed by atoms with E-state index in [1.165, 1.54) is 0 Å². The predicted molar refractivity (Wildman–Crippen MR) is 181 cm³/mol. The number of rotatable bonds is 18. The Morgan fingerprint density at radius 1 is 1.00 bits per heavy atom. The largest absolute Gasteiger partial charge is 0.481 e. The van der Waals surface area contributed by atoms with E-state index in [0.717, 1.165) is 35.5 Å². The number of hydrogen-bond acceptors (Lipinski definition) is 6. The number of thioether (sulfide) groups is 1. The van der Waals surface area contributed by atoms with Crippen LogP contribution in [-0.4, -0.2) is 74.1 Å². The number of halogens is 2. The van der Waals surface area contributed by atoms with Gasteiger partial charge in [-0.25, -0.2) is 13.6 Å². The van der Waals surface area contributed by atoms with Crippen molar-refractivity contribution in [2.75, 3.05) is 24.6 Å². The van der Waals surface area contributed by atoms with Crippen molar-refractivity contribution in [2.45, 2.75) is 65.1 Å². The summed E-state index contributed by atoms with van der Waals surface area (Å²) >= 11 is 1.06. The van der Waals surface area contributed by atoms with Crippen LogP contribution < -0.4 is 11.1 Å². The van der Waals surface area contributed by atoms with E-state index in [0.29, 0.717) is 37.3 Å². The van der Waals surface area contributed by atoms with Crippen LogP contribution in [0.1, 0.15) is 63.8 Å². The number of carboxylic acid groups (broad SMARTS) is 2. The van der Waals surface area contributed by atoms with E-state index in [1.54, 1.807) is 17.2 Å². The molecule has 2 aromatic carbocycles. The summed E-state index contributed by atoms with van der Waals surface area (Å²) in [6.45, 7) is 6.95. The summed E-state index contributed by atoms with van der Waals surface area (Å²) in [5.41, 5.74) is 7.55. The number of carboxylic acids is 2. The lowest BCUT2D eigenvalue weighted by Gasteiger charge is -2.41. The lowest BCUT2D eigenvalue weighted by Crippen LogP contribution is -2.45. The first-order valence-corrected chi connectivity index (χ1v) is 16.9. The second-order valence-electron chi connectivity index (χ2n) is 12.6. The maximum Gasteiger partial charge on any atom is 0.327 e. The van der Waals surface area contributed by atoms with Gasteiger partial charge in [0.1, 0.15) is 17.7 Å². The zero-order valence-electron chi connectivity index (χ0n) is 27.5. The van der Waals surface area contributed by atoms with Crippen LogP contribution in [0.15, 0.2) is 60.8 Å². The topological polar surface area (TPSA) is 155 Å². The number of carbonyl (C=O) groups excluding carboxylic acids is 2. The fourth-order valence-corrected chi connectivity index (χ4v) is 6.38. The van der Waals surface area contributed by atoms with Gasteiger partial charge < -0.3 is 30.7 Å². The second-order valence-corrected chi connectivity index (χ2v) is 13.6. The molecule has 0 aliphatic carbocycles. The molecule has 0 aliphatic rings. The number of aliphatic carboxylic acids is 2. The molecule has 0 radical (unpaired) electrons. The molecule has 0 fully saturated rings. The van der Waals surface area contributed by atoms with Crippen LogP contribution in [0.5, 0.6) is 0 Å². The SMILES string of the molecule is CC(C)(C)C(c1cc(-c2cc(F)ccc2F)cn1Cc1ccccc1)N(CCCN)C(=O)CSCC(NC(=O)CCCC(=O)O)C(=O)O. The van der Waals surface area contributed by atoms with E-state index in [9.17, 15) is 33.1 Å². The van der Waals surface area contributed by atoms with Crippen LogP contribution in [0, 0.1) is 17.0 Å². The molecule has 5 N–H and O–H groups in total. The molecule has 3 rings (SSSR count). The van der Waals surface area contributed by atoms with E-state index in [2.05, 4.69) is 5.32 Å². The maximum absolute atomic E-state index is 15.0. The summed E-state index contributed by atoms with van der Waals surface area (Å²) in [4.78, 5) is 50.5. The molecule has 2 amide bonds. The van der Waals surface area contributed by atoms with E-state index in [4.69, 9.17) is 10.8 Å². The molecular formula is C35H44F2N4O6S. The molecule has 2 atom stereocenters. The number of amides is 2. The van der Waals surface area contributed by atoms with Gasteiger partial charge in [0.05, 0.1) is 11.8 Å². The Bertz CT molecular complexity index is 1560. The third-order valence-electron chi connectivity index (χ3n) is 7.64. The molecule has 0 saturated heterocycles. The zero-order valence-corrected chi connectivity index (χ0v) is 28.3. The third-order valence-corrected chi connectivity index (χ3v) is 8.66. The number of nitrogens with zero attached hydrogens (tertiary/aromatic N) is 2. The number of nitrogens with two attached hydrogens (primary N) is 1. The Kier molecular flexibility index (Phi) is 14.2. The standard InChI is InChI=1S/C35H44F2N4O6S/c1-35(2,3)33(29-17-24(26-18-25(36)13-14-27(26)37)20-40(29)19-23-9-5-4-6-10-23)41(16-8-15-38)31(43)22-48-21-28(34(46)47)39-30(42)11-7-12-32(44)45/h4-6,9-10,13-14,17-18,20,28,33H,7-8,11-12,15-16,19,21-22,38H2,1-3H3,(H,39,42)(H,44,45)(H,46,47). The van der Waals surface area contributed by atoms with E-state index in [-0.39, 0.29) is 42.2 Å². The van der Waals surface area contributed by atoms with Crippen LogP contribution >= 0.6 is 11.8 Å². The number of hydrogen-bond donors (Lipinski definition) is 4. The van der Waals surface area contributed by atoms with Gasteiger partial charge in [0.15, 0.2) is 0 Å². The molecule has 1 aromatic heterocycles. The van der Waals surface area contributed by atoms with Gasteiger partial charge in [0, 0.05) is 54.7 Å².